The Bertz CT molecular complexity index is 1060. The fourth-order valence-electron chi connectivity index (χ4n) is 5.27. The molecule has 0 N–H and O–H groups in total. The Morgan fingerprint density at radius 2 is 1.78 bits per heavy atom. The number of ether oxygens (including phenoxy) is 1. The number of hydrogen-bond acceptors (Lipinski definition) is 3. The summed E-state index contributed by atoms with van der Waals surface area (Å²) in [6.07, 6.45) is 8.78. The molecule has 1 aromatic heterocycles. The van der Waals surface area contributed by atoms with Crippen LogP contribution in [0.5, 0.6) is 5.75 Å². The van der Waals surface area contributed by atoms with E-state index in [0.29, 0.717) is 5.92 Å². The minimum atomic E-state index is -0.193. The fourth-order valence-corrected chi connectivity index (χ4v) is 5.27. The molecule has 3 nitrogen and oxygen atoms in total. The van der Waals surface area contributed by atoms with Crippen LogP contribution in [0.3, 0.4) is 0 Å². The molecule has 0 spiro atoms. The molecule has 2 aromatic carbocycles. The molecule has 0 saturated carbocycles. The van der Waals surface area contributed by atoms with Crippen LogP contribution in [0, 0.1) is 5.82 Å². The van der Waals surface area contributed by atoms with Gasteiger partial charge in [-0.25, -0.2) is 4.39 Å². The van der Waals surface area contributed by atoms with Crippen LogP contribution < -0.4 is 4.74 Å². The molecular weight excluding hydrogens is 399 g/mol. The third kappa shape index (κ3) is 4.71. The average Bonchev–Trinajstić information content (AvgIpc) is 3.28. The number of methoxy groups -OCH3 is 1. The van der Waals surface area contributed by atoms with Gasteiger partial charge >= 0.3 is 0 Å². The van der Waals surface area contributed by atoms with Gasteiger partial charge in [-0.3, -0.25) is 9.88 Å². The number of hydrogen-bond donors (Lipinski definition) is 0. The lowest BCUT2D eigenvalue weighted by molar-refractivity contribution is 0.196. The van der Waals surface area contributed by atoms with Crippen molar-refractivity contribution < 1.29 is 9.13 Å². The monoisotopic (exact) mass is 430 g/mol. The van der Waals surface area contributed by atoms with Gasteiger partial charge in [-0.15, -0.1) is 0 Å². The van der Waals surface area contributed by atoms with E-state index in [0.717, 1.165) is 42.9 Å². The third-order valence-electron chi connectivity index (χ3n) is 6.98. The lowest BCUT2D eigenvalue weighted by atomic mass is 9.93. The van der Waals surface area contributed by atoms with Crippen LogP contribution in [0.25, 0.3) is 0 Å². The number of likely N-dealkylation sites (tertiary alicyclic amines) is 1. The van der Waals surface area contributed by atoms with Crippen LogP contribution in [-0.4, -0.2) is 30.1 Å². The second kappa shape index (κ2) is 9.41. The van der Waals surface area contributed by atoms with E-state index < -0.39 is 0 Å². The summed E-state index contributed by atoms with van der Waals surface area (Å²) in [5.74, 6) is 1.31. The van der Waals surface area contributed by atoms with Crippen molar-refractivity contribution in [2.24, 2.45) is 0 Å². The SMILES string of the molecule is COc1cc2c(cc1CN1CCC[C@H](c3ccc(Cc4ccc(F)cc4)cn3)C1)CCC2. The van der Waals surface area contributed by atoms with E-state index in [9.17, 15) is 4.39 Å². The maximum Gasteiger partial charge on any atom is 0.123 e. The van der Waals surface area contributed by atoms with Crippen LogP contribution in [-0.2, 0) is 25.8 Å². The van der Waals surface area contributed by atoms with Crippen LogP contribution in [0.15, 0.2) is 54.7 Å². The highest BCUT2D eigenvalue weighted by molar-refractivity contribution is 5.45. The van der Waals surface area contributed by atoms with Crippen molar-refractivity contribution in [2.45, 2.75) is 51.0 Å². The molecule has 0 unspecified atom stereocenters. The zero-order valence-corrected chi connectivity index (χ0v) is 18.8. The number of piperidine rings is 1. The number of aromatic nitrogens is 1. The van der Waals surface area contributed by atoms with Crippen molar-refractivity contribution in [1.29, 1.82) is 0 Å². The molecule has 2 aliphatic rings. The number of rotatable bonds is 6. The van der Waals surface area contributed by atoms with E-state index in [1.807, 2.05) is 18.3 Å². The first-order valence-corrected chi connectivity index (χ1v) is 11.8. The fraction of sp³-hybridized carbons (Fsp3) is 0.393. The minimum absolute atomic E-state index is 0.193. The highest BCUT2D eigenvalue weighted by Crippen LogP contribution is 2.33. The topological polar surface area (TPSA) is 25.4 Å². The summed E-state index contributed by atoms with van der Waals surface area (Å²) >= 11 is 0. The maximum atomic E-state index is 13.1. The number of pyridine rings is 1. The van der Waals surface area contributed by atoms with Gasteiger partial charge in [-0.1, -0.05) is 24.3 Å². The summed E-state index contributed by atoms with van der Waals surface area (Å²) in [5.41, 5.74) is 7.73. The second-order valence-electron chi connectivity index (χ2n) is 9.26. The maximum absolute atomic E-state index is 13.1. The van der Waals surface area contributed by atoms with E-state index in [-0.39, 0.29) is 5.82 Å². The normalized spacial score (nSPS) is 18.5. The van der Waals surface area contributed by atoms with E-state index in [2.05, 4.69) is 29.2 Å². The first-order valence-electron chi connectivity index (χ1n) is 11.8. The van der Waals surface area contributed by atoms with Gasteiger partial charge in [-0.05, 0) is 91.6 Å². The van der Waals surface area contributed by atoms with Crippen molar-refractivity contribution in [1.82, 2.24) is 9.88 Å². The Hall–Kier alpha value is -2.72. The number of benzene rings is 2. The highest BCUT2D eigenvalue weighted by atomic mass is 19.1. The van der Waals surface area contributed by atoms with Crippen LogP contribution in [0.1, 0.15) is 58.7 Å². The summed E-state index contributed by atoms with van der Waals surface area (Å²) in [4.78, 5) is 7.37. The van der Waals surface area contributed by atoms with E-state index in [4.69, 9.17) is 9.72 Å². The number of halogens is 1. The Morgan fingerprint density at radius 1 is 1.00 bits per heavy atom. The standard InChI is InChI=1S/C28H31FN2O/c1-32-28-16-23-5-2-4-22(23)15-25(28)19-31-13-3-6-24(18-31)27-12-9-21(17-30-27)14-20-7-10-26(29)11-8-20/h7-12,15-17,24H,2-6,13-14,18-19H2,1H3/t24-/m0/s1. The lowest BCUT2D eigenvalue weighted by Gasteiger charge is -2.33. The molecule has 0 bridgehead atoms. The summed E-state index contributed by atoms with van der Waals surface area (Å²) in [6.45, 7) is 3.10. The predicted octanol–water partition coefficient (Wildman–Crippen LogP) is 5.69. The zero-order valence-electron chi connectivity index (χ0n) is 18.8. The van der Waals surface area contributed by atoms with Gasteiger partial charge in [0.1, 0.15) is 11.6 Å². The molecular formula is C28H31FN2O. The van der Waals surface area contributed by atoms with Gasteiger partial charge in [-0.2, -0.15) is 0 Å². The van der Waals surface area contributed by atoms with Crippen molar-refractivity contribution >= 4 is 0 Å². The van der Waals surface area contributed by atoms with Crippen LogP contribution in [0.4, 0.5) is 4.39 Å². The van der Waals surface area contributed by atoms with Gasteiger partial charge < -0.3 is 4.74 Å². The Labute approximate surface area is 190 Å². The largest absolute Gasteiger partial charge is 0.496 e. The lowest BCUT2D eigenvalue weighted by Crippen LogP contribution is -2.34. The number of nitrogens with zero attached hydrogens (tertiary/aromatic N) is 2. The third-order valence-corrected chi connectivity index (χ3v) is 6.98. The quantitative estimate of drug-likeness (QED) is 0.502. The Morgan fingerprint density at radius 3 is 2.53 bits per heavy atom. The molecule has 5 rings (SSSR count). The summed E-state index contributed by atoms with van der Waals surface area (Å²) in [6, 6.07) is 15.7. The van der Waals surface area contributed by atoms with Crippen LogP contribution >= 0.6 is 0 Å². The molecule has 4 heteroatoms. The number of aryl methyl sites for hydroxylation is 2. The molecule has 1 fully saturated rings. The van der Waals surface area contributed by atoms with E-state index >= 15 is 0 Å². The minimum Gasteiger partial charge on any atom is -0.496 e. The van der Waals surface area contributed by atoms with Gasteiger partial charge in [0, 0.05) is 36.5 Å². The molecule has 0 amide bonds. The molecule has 166 valence electrons. The average molecular weight is 431 g/mol. The second-order valence-corrected chi connectivity index (χ2v) is 9.26. The summed E-state index contributed by atoms with van der Waals surface area (Å²) < 4.78 is 18.9. The van der Waals surface area contributed by atoms with Crippen molar-refractivity contribution in [3.63, 3.8) is 0 Å². The zero-order chi connectivity index (χ0) is 21.9. The van der Waals surface area contributed by atoms with Crippen molar-refractivity contribution in [3.05, 3.63) is 94.1 Å². The van der Waals surface area contributed by atoms with E-state index in [1.54, 1.807) is 7.11 Å². The summed E-state index contributed by atoms with van der Waals surface area (Å²) in [7, 11) is 1.79. The molecule has 32 heavy (non-hydrogen) atoms. The first-order chi connectivity index (χ1) is 15.7. The summed E-state index contributed by atoms with van der Waals surface area (Å²) in [5, 5.41) is 0. The Kier molecular flexibility index (Phi) is 6.22. The molecule has 1 aliphatic carbocycles. The van der Waals surface area contributed by atoms with Gasteiger partial charge in [0.2, 0.25) is 0 Å². The molecule has 1 aliphatic heterocycles. The van der Waals surface area contributed by atoms with Gasteiger partial charge in [0.25, 0.3) is 0 Å². The molecule has 2 heterocycles. The predicted molar refractivity (Wildman–Crippen MR) is 126 cm³/mol. The smallest absolute Gasteiger partial charge is 0.123 e. The molecule has 3 aromatic rings. The molecule has 1 atom stereocenters. The molecule has 1 saturated heterocycles. The van der Waals surface area contributed by atoms with Crippen LogP contribution in [0.2, 0.25) is 0 Å². The Balaban J connectivity index is 1.25. The van der Waals surface area contributed by atoms with Crippen molar-refractivity contribution in [3.8, 4) is 5.75 Å². The van der Waals surface area contributed by atoms with Gasteiger partial charge in [0.15, 0.2) is 0 Å². The first kappa shape index (κ1) is 21.1. The van der Waals surface area contributed by atoms with E-state index in [1.165, 1.54) is 66.6 Å². The van der Waals surface area contributed by atoms with Crippen molar-refractivity contribution in [2.75, 3.05) is 20.2 Å². The number of fused-ring (bicyclic) bond motifs is 1. The van der Waals surface area contributed by atoms with Gasteiger partial charge in [0.05, 0.1) is 7.11 Å². The molecule has 0 radical (unpaired) electrons. The highest BCUT2D eigenvalue weighted by Gasteiger charge is 2.24.